The van der Waals surface area contributed by atoms with Crippen LogP contribution in [0.4, 0.5) is 11.4 Å². The van der Waals surface area contributed by atoms with Crippen molar-refractivity contribution in [3.05, 3.63) is 82.0 Å². The summed E-state index contributed by atoms with van der Waals surface area (Å²) < 4.78 is 16.2. The third kappa shape index (κ3) is 4.20. The number of hydrogen-bond acceptors (Lipinski definition) is 7. The summed E-state index contributed by atoms with van der Waals surface area (Å²) in [6, 6.07) is 16.5. The van der Waals surface area contributed by atoms with Crippen LogP contribution in [0.15, 0.2) is 65.9 Å². The number of methoxy groups -OCH3 is 3. The van der Waals surface area contributed by atoms with E-state index in [1.54, 1.807) is 26.4 Å². The van der Waals surface area contributed by atoms with Crippen LogP contribution >= 0.6 is 11.6 Å². The first-order chi connectivity index (χ1) is 17.4. The van der Waals surface area contributed by atoms with E-state index in [1.807, 2.05) is 42.5 Å². The molecule has 186 valence electrons. The molecule has 3 N–H and O–H groups in total. The summed E-state index contributed by atoms with van der Waals surface area (Å²) in [4.78, 5) is 13.8. The van der Waals surface area contributed by atoms with Crippen molar-refractivity contribution >= 4 is 28.8 Å². The Bertz CT molecular complexity index is 1370. The van der Waals surface area contributed by atoms with Crippen molar-refractivity contribution in [2.24, 2.45) is 0 Å². The maximum Gasteiger partial charge on any atom is 0.176 e. The van der Waals surface area contributed by atoms with Crippen molar-refractivity contribution in [2.75, 3.05) is 32.0 Å². The molecule has 3 aromatic rings. The SMILES string of the molecule is COc1ccc([C@@H]2CC(=O)C3=C(C2)Nc2ccccc2N[C@@H]3c2cc(Cl)c(O)c(OC)c2)cc1OC. The molecule has 8 heteroatoms. The van der Waals surface area contributed by atoms with Gasteiger partial charge in [0.15, 0.2) is 28.8 Å². The fraction of sp³-hybridized carbons (Fsp3) is 0.250. The third-order valence-electron chi connectivity index (χ3n) is 6.79. The molecule has 2 aliphatic rings. The molecule has 1 aliphatic heterocycles. The second kappa shape index (κ2) is 9.66. The van der Waals surface area contributed by atoms with Gasteiger partial charge in [0.1, 0.15) is 0 Å². The smallest absolute Gasteiger partial charge is 0.176 e. The zero-order valence-corrected chi connectivity index (χ0v) is 21.0. The molecule has 0 unspecified atom stereocenters. The number of anilines is 2. The Morgan fingerprint density at radius 3 is 2.28 bits per heavy atom. The van der Waals surface area contributed by atoms with E-state index in [-0.39, 0.29) is 28.2 Å². The van der Waals surface area contributed by atoms with Crippen molar-refractivity contribution in [3.63, 3.8) is 0 Å². The first-order valence-corrected chi connectivity index (χ1v) is 12.0. The number of benzene rings is 3. The van der Waals surface area contributed by atoms with E-state index in [0.29, 0.717) is 29.9 Å². The lowest BCUT2D eigenvalue weighted by molar-refractivity contribution is -0.116. The summed E-state index contributed by atoms with van der Waals surface area (Å²) in [6.07, 6.45) is 0.972. The van der Waals surface area contributed by atoms with Gasteiger partial charge >= 0.3 is 0 Å². The number of fused-ring (bicyclic) bond motifs is 1. The van der Waals surface area contributed by atoms with E-state index in [2.05, 4.69) is 10.6 Å². The van der Waals surface area contributed by atoms with Crippen LogP contribution in [0.1, 0.15) is 35.9 Å². The molecule has 0 bridgehead atoms. The van der Waals surface area contributed by atoms with Crippen LogP contribution in [0.25, 0.3) is 0 Å². The molecule has 0 aromatic heterocycles. The molecule has 0 spiro atoms. The third-order valence-corrected chi connectivity index (χ3v) is 7.08. The average molecular weight is 507 g/mol. The molecule has 0 radical (unpaired) electrons. The summed E-state index contributed by atoms with van der Waals surface area (Å²) in [5.41, 5.74) is 4.95. The standard InChI is InChI=1S/C28H27ClN2O5/c1-34-23-9-8-15(13-24(23)35-2)16-11-21-26(22(32)12-16)27(31-20-7-5-4-6-19(20)30-21)17-10-18(29)28(33)25(14-17)36-3/h4-10,13-14,16,27,30-31,33H,11-12H2,1-3H3/t16-,27+/m0/s1. The fourth-order valence-electron chi connectivity index (χ4n) is 5.00. The van der Waals surface area contributed by atoms with Gasteiger partial charge in [-0.3, -0.25) is 4.79 Å². The van der Waals surface area contributed by atoms with E-state index in [9.17, 15) is 9.90 Å². The maximum atomic E-state index is 13.8. The number of ether oxygens (including phenoxy) is 3. The van der Waals surface area contributed by atoms with Gasteiger partial charge in [0.25, 0.3) is 0 Å². The van der Waals surface area contributed by atoms with Gasteiger partial charge in [-0.15, -0.1) is 0 Å². The molecule has 0 saturated carbocycles. The minimum atomic E-state index is -0.484. The second-order valence-corrected chi connectivity index (χ2v) is 9.24. The van der Waals surface area contributed by atoms with Crippen LogP contribution in [0.2, 0.25) is 5.02 Å². The quantitative estimate of drug-likeness (QED) is 0.388. The number of carbonyl (C=O) groups excluding carboxylic acids is 1. The minimum absolute atomic E-state index is 0.0250. The lowest BCUT2D eigenvalue weighted by atomic mass is 9.78. The van der Waals surface area contributed by atoms with Crippen LogP contribution in [-0.4, -0.2) is 32.2 Å². The topological polar surface area (TPSA) is 89.1 Å². The highest BCUT2D eigenvalue weighted by atomic mass is 35.5. The fourth-order valence-corrected chi connectivity index (χ4v) is 5.22. The summed E-state index contributed by atoms with van der Waals surface area (Å²) in [6.45, 7) is 0. The number of phenols is 1. The van der Waals surface area contributed by atoms with Crippen LogP contribution < -0.4 is 24.8 Å². The molecule has 2 atom stereocenters. The van der Waals surface area contributed by atoms with Crippen LogP contribution in [0.3, 0.4) is 0 Å². The van der Waals surface area contributed by atoms with Gasteiger partial charge in [-0.05, 0) is 59.9 Å². The van der Waals surface area contributed by atoms with E-state index < -0.39 is 6.04 Å². The lowest BCUT2D eigenvalue weighted by Gasteiger charge is -2.30. The monoisotopic (exact) mass is 506 g/mol. The Kier molecular flexibility index (Phi) is 6.41. The number of carbonyl (C=O) groups is 1. The Morgan fingerprint density at radius 1 is 0.861 bits per heavy atom. The van der Waals surface area contributed by atoms with Crippen molar-refractivity contribution in [1.29, 1.82) is 0 Å². The summed E-state index contributed by atoms with van der Waals surface area (Å²) in [5.74, 6) is 1.38. The summed E-state index contributed by atoms with van der Waals surface area (Å²) in [7, 11) is 4.67. The number of hydrogen-bond donors (Lipinski definition) is 3. The van der Waals surface area contributed by atoms with E-state index in [1.165, 1.54) is 7.11 Å². The maximum absolute atomic E-state index is 13.8. The van der Waals surface area contributed by atoms with Crippen LogP contribution in [0, 0.1) is 0 Å². The average Bonchev–Trinajstić information content (AvgIpc) is 3.06. The van der Waals surface area contributed by atoms with Crippen molar-refractivity contribution in [2.45, 2.75) is 24.8 Å². The largest absolute Gasteiger partial charge is 0.503 e. The number of ketones is 1. The number of allylic oxidation sites excluding steroid dienone is 1. The molecule has 7 nitrogen and oxygen atoms in total. The summed E-state index contributed by atoms with van der Waals surface area (Å²) in [5, 5.41) is 17.5. The van der Waals surface area contributed by atoms with Gasteiger partial charge in [-0.1, -0.05) is 29.8 Å². The highest BCUT2D eigenvalue weighted by Gasteiger charge is 2.36. The van der Waals surface area contributed by atoms with Gasteiger partial charge in [-0.2, -0.15) is 0 Å². The molecular formula is C28H27ClN2O5. The lowest BCUT2D eigenvalue weighted by Crippen LogP contribution is -2.27. The number of Topliss-reactive ketones (excluding diaryl/α,β-unsaturated/α-hetero) is 1. The van der Waals surface area contributed by atoms with Crippen molar-refractivity contribution in [3.8, 4) is 23.0 Å². The molecular weight excluding hydrogens is 480 g/mol. The van der Waals surface area contributed by atoms with Crippen molar-refractivity contribution < 1.29 is 24.1 Å². The van der Waals surface area contributed by atoms with Crippen LogP contribution in [-0.2, 0) is 4.79 Å². The number of nitrogens with one attached hydrogen (secondary N) is 2. The second-order valence-electron chi connectivity index (χ2n) is 8.84. The molecule has 3 aromatic carbocycles. The predicted octanol–water partition coefficient (Wildman–Crippen LogP) is 6.05. The predicted molar refractivity (Wildman–Crippen MR) is 140 cm³/mol. The number of para-hydroxylation sites is 2. The van der Waals surface area contributed by atoms with Crippen LogP contribution in [0.5, 0.6) is 23.0 Å². The summed E-state index contributed by atoms with van der Waals surface area (Å²) >= 11 is 6.33. The highest BCUT2D eigenvalue weighted by molar-refractivity contribution is 6.32. The number of aromatic hydroxyl groups is 1. The minimum Gasteiger partial charge on any atom is -0.503 e. The van der Waals surface area contributed by atoms with Gasteiger partial charge in [0.2, 0.25) is 0 Å². The van der Waals surface area contributed by atoms with Gasteiger partial charge in [-0.25, -0.2) is 0 Å². The molecule has 0 fully saturated rings. The molecule has 0 saturated heterocycles. The first kappa shape index (κ1) is 23.9. The highest BCUT2D eigenvalue weighted by Crippen LogP contribution is 2.47. The van der Waals surface area contributed by atoms with Gasteiger partial charge in [0, 0.05) is 17.7 Å². The van der Waals surface area contributed by atoms with E-state index >= 15 is 0 Å². The normalized spacial score (nSPS) is 18.8. The zero-order valence-electron chi connectivity index (χ0n) is 20.2. The molecule has 36 heavy (non-hydrogen) atoms. The molecule has 5 rings (SSSR count). The number of rotatable bonds is 5. The molecule has 1 heterocycles. The number of halogens is 1. The van der Waals surface area contributed by atoms with Gasteiger partial charge < -0.3 is 30.0 Å². The Hall–Kier alpha value is -3.84. The first-order valence-electron chi connectivity index (χ1n) is 11.6. The van der Waals surface area contributed by atoms with Gasteiger partial charge in [0.05, 0.1) is 43.8 Å². The Labute approximate surface area is 214 Å². The Balaban J connectivity index is 1.61. The molecule has 0 amide bonds. The van der Waals surface area contributed by atoms with E-state index in [4.69, 9.17) is 25.8 Å². The number of phenolic OH excluding ortho intramolecular Hbond substituents is 1. The van der Waals surface area contributed by atoms with Crippen molar-refractivity contribution in [1.82, 2.24) is 0 Å². The molecule has 1 aliphatic carbocycles. The Morgan fingerprint density at radius 2 is 1.56 bits per heavy atom. The van der Waals surface area contributed by atoms with E-state index in [0.717, 1.165) is 28.2 Å². The zero-order chi connectivity index (χ0) is 25.4.